The molecule has 0 radical (unpaired) electrons. The first-order chi connectivity index (χ1) is 12.1. The SMILES string of the molecule is CCOC(=O)CC(c1ccc(OC)cc1)c1oc2ccccc2c1C. The molecule has 3 rings (SSSR count). The Morgan fingerprint density at radius 3 is 2.48 bits per heavy atom. The number of methoxy groups -OCH3 is 1. The van der Waals surface area contributed by atoms with E-state index in [-0.39, 0.29) is 18.3 Å². The number of benzene rings is 2. The number of esters is 1. The molecule has 0 saturated carbocycles. The van der Waals surface area contributed by atoms with E-state index < -0.39 is 0 Å². The van der Waals surface area contributed by atoms with Crippen LogP contribution in [0.1, 0.15) is 36.1 Å². The van der Waals surface area contributed by atoms with Gasteiger partial charge >= 0.3 is 5.97 Å². The molecule has 0 aliphatic carbocycles. The zero-order valence-electron chi connectivity index (χ0n) is 14.7. The molecule has 2 aromatic carbocycles. The number of ether oxygens (including phenoxy) is 2. The minimum absolute atomic E-state index is 0.197. The summed E-state index contributed by atoms with van der Waals surface area (Å²) in [5.41, 5.74) is 2.88. The smallest absolute Gasteiger partial charge is 0.306 e. The molecule has 0 bridgehead atoms. The first-order valence-corrected chi connectivity index (χ1v) is 8.41. The summed E-state index contributed by atoms with van der Waals surface area (Å²) in [5.74, 6) is 1.15. The molecular formula is C21H22O4. The third-order valence-corrected chi connectivity index (χ3v) is 4.39. The van der Waals surface area contributed by atoms with Gasteiger partial charge in [0.15, 0.2) is 0 Å². The van der Waals surface area contributed by atoms with E-state index in [1.165, 1.54) is 0 Å². The van der Waals surface area contributed by atoms with Crippen molar-refractivity contribution >= 4 is 16.9 Å². The van der Waals surface area contributed by atoms with Crippen molar-refractivity contribution in [2.75, 3.05) is 13.7 Å². The highest BCUT2D eigenvalue weighted by molar-refractivity contribution is 5.82. The maximum Gasteiger partial charge on any atom is 0.306 e. The molecule has 1 atom stereocenters. The van der Waals surface area contributed by atoms with E-state index in [4.69, 9.17) is 13.9 Å². The average Bonchev–Trinajstić information content (AvgIpc) is 2.97. The Bertz CT molecular complexity index is 861. The number of carbonyl (C=O) groups is 1. The number of hydrogen-bond acceptors (Lipinski definition) is 4. The first-order valence-electron chi connectivity index (χ1n) is 8.41. The molecule has 4 nitrogen and oxygen atoms in total. The van der Waals surface area contributed by atoms with Crippen LogP contribution in [0.5, 0.6) is 5.75 Å². The molecule has 3 aromatic rings. The van der Waals surface area contributed by atoms with E-state index in [0.29, 0.717) is 6.61 Å². The van der Waals surface area contributed by atoms with Gasteiger partial charge in [0.1, 0.15) is 17.1 Å². The molecule has 0 amide bonds. The monoisotopic (exact) mass is 338 g/mol. The molecule has 0 fully saturated rings. The van der Waals surface area contributed by atoms with Crippen LogP contribution in [0.4, 0.5) is 0 Å². The van der Waals surface area contributed by atoms with E-state index in [0.717, 1.165) is 33.6 Å². The van der Waals surface area contributed by atoms with E-state index in [2.05, 4.69) is 0 Å². The van der Waals surface area contributed by atoms with Crippen LogP contribution in [0.15, 0.2) is 52.9 Å². The maximum atomic E-state index is 12.2. The van der Waals surface area contributed by atoms with E-state index in [1.54, 1.807) is 7.11 Å². The van der Waals surface area contributed by atoms with Gasteiger partial charge < -0.3 is 13.9 Å². The number of aryl methyl sites for hydroxylation is 1. The predicted molar refractivity (Wildman–Crippen MR) is 97.0 cm³/mol. The molecule has 0 aliphatic rings. The minimum Gasteiger partial charge on any atom is -0.497 e. The molecule has 0 aliphatic heterocycles. The second-order valence-electron chi connectivity index (χ2n) is 5.92. The van der Waals surface area contributed by atoms with Crippen molar-refractivity contribution in [3.8, 4) is 5.75 Å². The van der Waals surface area contributed by atoms with Crippen LogP contribution in [0.2, 0.25) is 0 Å². The van der Waals surface area contributed by atoms with Gasteiger partial charge in [-0.25, -0.2) is 0 Å². The Morgan fingerprint density at radius 2 is 1.84 bits per heavy atom. The third kappa shape index (κ3) is 3.53. The van der Waals surface area contributed by atoms with Gasteiger partial charge in [0.25, 0.3) is 0 Å². The molecule has 130 valence electrons. The fourth-order valence-electron chi connectivity index (χ4n) is 3.11. The Labute approximate surface area is 147 Å². The van der Waals surface area contributed by atoms with Crippen LogP contribution in [0.3, 0.4) is 0 Å². The summed E-state index contributed by atoms with van der Waals surface area (Å²) in [4.78, 5) is 12.2. The number of carbonyl (C=O) groups excluding carboxylic acids is 1. The van der Waals surface area contributed by atoms with Gasteiger partial charge in [-0.15, -0.1) is 0 Å². The lowest BCUT2D eigenvalue weighted by Gasteiger charge is -2.16. The van der Waals surface area contributed by atoms with Gasteiger partial charge in [-0.1, -0.05) is 30.3 Å². The van der Waals surface area contributed by atoms with Crippen molar-refractivity contribution in [3.05, 3.63) is 65.4 Å². The molecule has 4 heteroatoms. The van der Waals surface area contributed by atoms with E-state index in [9.17, 15) is 4.79 Å². The molecule has 0 saturated heterocycles. The summed E-state index contributed by atoms with van der Waals surface area (Å²) in [6.45, 7) is 4.21. The lowest BCUT2D eigenvalue weighted by Crippen LogP contribution is -2.12. The molecular weight excluding hydrogens is 316 g/mol. The number of para-hydroxylation sites is 1. The summed E-state index contributed by atoms with van der Waals surface area (Å²) in [6.07, 6.45) is 0.237. The fourth-order valence-corrected chi connectivity index (χ4v) is 3.11. The van der Waals surface area contributed by atoms with Crippen LogP contribution in [-0.2, 0) is 9.53 Å². The van der Waals surface area contributed by atoms with Crippen LogP contribution >= 0.6 is 0 Å². The van der Waals surface area contributed by atoms with Crippen molar-refractivity contribution in [1.29, 1.82) is 0 Å². The highest BCUT2D eigenvalue weighted by Crippen LogP contribution is 2.36. The third-order valence-electron chi connectivity index (χ3n) is 4.39. The Hall–Kier alpha value is -2.75. The highest BCUT2D eigenvalue weighted by atomic mass is 16.5. The summed E-state index contributed by atoms with van der Waals surface area (Å²) < 4.78 is 16.5. The maximum absolute atomic E-state index is 12.2. The van der Waals surface area contributed by atoms with Gasteiger partial charge in [0.2, 0.25) is 0 Å². The van der Waals surface area contributed by atoms with Crippen LogP contribution in [0, 0.1) is 6.92 Å². The lowest BCUT2D eigenvalue weighted by atomic mass is 9.91. The van der Waals surface area contributed by atoms with Crippen molar-refractivity contribution in [3.63, 3.8) is 0 Å². The zero-order chi connectivity index (χ0) is 17.8. The predicted octanol–water partition coefficient (Wildman–Crippen LogP) is 4.83. The number of rotatable bonds is 6. The van der Waals surface area contributed by atoms with Crippen LogP contribution in [0.25, 0.3) is 11.0 Å². The van der Waals surface area contributed by atoms with Crippen molar-refractivity contribution in [2.24, 2.45) is 0 Å². The Morgan fingerprint density at radius 1 is 1.12 bits per heavy atom. The van der Waals surface area contributed by atoms with Gasteiger partial charge in [0, 0.05) is 5.39 Å². The highest BCUT2D eigenvalue weighted by Gasteiger charge is 2.25. The summed E-state index contributed by atoms with van der Waals surface area (Å²) in [7, 11) is 1.63. The zero-order valence-corrected chi connectivity index (χ0v) is 14.7. The van der Waals surface area contributed by atoms with Gasteiger partial charge in [0.05, 0.1) is 26.1 Å². The number of fused-ring (bicyclic) bond motifs is 1. The second-order valence-corrected chi connectivity index (χ2v) is 5.92. The molecule has 25 heavy (non-hydrogen) atoms. The topological polar surface area (TPSA) is 48.7 Å². The Kier molecular flexibility index (Phi) is 5.08. The van der Waals surface area contributed by atoms with Crippen LogP contribution < -0.4 is 4.74 Å². The van der Waals surface area contributed by atoms with Crippen molar-refractivity contribution in [1.82, 2.24) is 0 Å². The summed E-state index contributed by atoms with van der Waals surface area (Å²) in [6, 6.07) is 15.6. The molecule has 1 aromatic heterocycles. The second kappa shape index (κ2) is 7.43. The van der Waals surface area contributed by atoms with E-state index in [1.807, 2.05) is 62.4 Å². The normalized spacial score (nSPS) is 12.1. The summed E-state index contributed by atoms with van der Waals surface area (Å²) in [5, 5.41) is 1.07. The molecule has 0 N–H and O–H groups in total. The van der Waals surface area contributed by atoms with Crippen LogP contribution in [-0.4, -0.2) is 19.7 Å². The minimum atomic E-state index is -0.233. The van der Waals surface area contributed by atoms with Gasteiger partial charge in [-0.3, -0.25) is 4.79 Å². The quantitative estimate of drug-likeness (QED) is 0.604. The van der Waals surface area contributed by atoms with Crippen molar-refractivity contribution < 1.29 is 18.7 Å². The Balaban J connectivity index is 2.05. The summed E-state index contributed by atoms with van der Waals surface area (Å²) >= 11 is 0. The molecule has 1 heterocycles. The van der Waals surface area contributed by atoms with E-state index >= 15 is 0 Å². The van der Waals surface area contributed by atoms with Crippen molar-refractivity contribution in [2.45, 2.75) is 26.2 Å². The first kappa shape index (κ1) is 17.1. The van der Waals surface area contributed by atoms with Gasteiger partial charge in [-0.2, -0.15) is 0 Å². The standard InChI is InChI=1S/C21H22O4/c1-4-24-20(22)13-18(15-9-11-16(23-3)12-10-15)21-14(2)17-7-5-6-8-19(17)25-21/h5-12,18H,4,13H2,1-3H3. The lowest BCUT2D eigenvalue weighted by molar-refractivity contribution is -0.143. The average molecular weight is 338 g/mol. The van der Waals surface area contributed by atoms with Gasteiger partial charge in [-0.05, 0) is 43.2 Å². The molecule has 1 unspecified atom stereocenters. The molecule has 0 spiro atoms. The number of hydrogen-bond donors (Lipinski definition) is 0. The fraction of sp³-hybridized carbons (Fsp3) is 0.286. The largest absolute Gasteiger partial charge is 0.497 e. The number of furan rings is 1.